The minimum atomic E-state index is -0.224. The van der Waals surface area contributed by atoms with Crippen molar-refractivity contribution in [1.29, 1.82) is 0 Å². The second kappa shape index (κ2) is 6.20. The number of hydrogen-bond donors (Lipinski definition) is 2. The first-order chi connectivity index (χ1) is 10.5. The molecule has 1 aromatic rings. The molecule has 2 N–H and O–H groups in total. The highest BCUT2D eigenvalue weighted by atomic mass is 16.5. The van der Waals surface area contributed by atoms with Crippen molar-refractivity contribution in [3.05, 3.63) is 17.8 Å². The molecule has 1 aliphatic heterocycles. The number of aromatic nitrogens is 2. The molecule has 0 spiro atoms. The van der Waals surface area contributed by atoms with Crippen LogP contribution in [-0.4, -0.2) is 35.0 Å². The van der Waals surface area contributed by atoms with E-state index in [1.165, 1.54) is 12.8 Å². The number of nitrogens with one attached hydrogen (secondary N) is 2. The quantitative estimate of drug-likeness (QED) is 0.896. The van der Waals surface area contributed by atoms with Crippen molar-refractivity contribution < 1.29 is 9.53 Å². The molecule has 22 heavy (non-hydrogen) atoms. The fourth-order valence-electron chi connectivity index (χ4n) is 2.94. The highest BCUT2D eigenvalue weighted by Gasteiger charge is 2.29. The average Bonchev–Trinajstić information content (AvgIpc) is 3.30. The second-order valence-electron chi connectivity index (χ2n) is 6.92. The van der Waals surface area contributed by atoms with Crippen molar-refractivity contribution in [3.8, 4) is 0 Å². The minimum absolute atomic E-state index is 0.0921. The highest BCUT2D eigenvalue weighted by Crippen LogP contribution is 2.38. The van der Waals surface area contributed by atoms with E-state index < -0.39 is 0 Å². The molecule has 3 rings (SSSR count). The lowest BCUT2D eigenvalue weighted by molar-refractivity contribution is -0.0713. The van der Waals surface area contributed by atoms with E-state index in [4.69, 9.17) is 4.74 Å². The van der Waals surface area contributed by atoms with Crippen LogP contribution in [0.5, 0.6) is 0 Å². The molecule has 6 heteroatoms. The van der Waals surface area contributed by atoms with Crippen LogP contribution >= 0.6 is 0 Å². The first-order valence-electron chi connectivity index (χ1n) is 8.04. The van der Waals surface area contributed by atoms with E-state index in [1.54, 1.807) is 0 Å². The first kappa shape index (κ1) is 15.2. The largest absolute Gasteiger partial charge is 0.376 e. The van der Waals surface area contributed by atoms with Gasteiger partial charge in [0.15, 0.2) is 5.82 Å². The summed E-state index contributed by atoms with van der Waals surface area (Å²) in [5.74, 6) is 1.53. The van der Waals surface area contributed by atoms with Crippen LogP contribution in [0.2, 0.25) is 0 Å². The molecule has 120 valence electrons. The Bertz CT molecular complexity index is 525. The smallest absolute Gasteiger partial charge is 0.320 e. The van der Waals surface area contributed by atoms with E-state index in [-0.39, 0.29) is 11.6 Å². The molecule has 6 nitrogen and oxygen atoms in total. The maximum Gasteiger partial charge on any atom is 0.320 e. The standard InChI is InChI=1S/C16H24N4O2/c1-16(2)9-11(7-8-22-16)10-17-15(21)18-14-6-5-13(19-20-14)12-3-4-12/h5-6,11-12H,3-4,7-10H2,1-2H3,(H2,17,18,20,21). The molecular formula is C16H24N4O2. The minimum Gasteiger partial charge on any atom is -0.376 e. The van der Waals surface area contributed by atoms with Gasteiger partial charge in [-0.2, -0.15) is 5.10 Å². The van der Waals surface area contributed by atoms with Crippen molar-refractivity contribution in [1.82, 2.24) is 15.5 Å². The Morgan fingerprint density at radius 2 is 2.14 bits per heavy atom. The maximum absolute atomic E-state index is 11.9. The van der Waals surface area contributed by atoms with Gasteiger partial charge in [-0.05, 0) is 57.6 Å². The number of hydrogen-bond acceptors (Lipinski definition) is 4. The highest BCUT2D eigenvalue weighted by molar-refractivity contribution is 5.88. The van der Waals surface area contributed by atoms with Gasteiger partial charge in [0.1, 0.15) is 0 Å². The first-order valence-corrected chi connectivity index (χ1v) is 8.04. The number of urea groups is 1. The van der Waals surface area contributed by atoms with E-state index in [1.807, 2.05) is 12.1 Å². The van der Waals surface area contributed by atoms with E-state index in [9.17, 15) is 4.79 Å². The summed E-state index contributed by atoms with van der Waals surface area (Å²) in [5, 5.41) is 13.9. The second-order valence-corrected chi connectivity index (χ2v) is 6.92. The normalized spacial score (nSPS) is 23.8. The molecular weight excluding hydrogens is 280 g/mol. The predicted octanol–water partition coefficient (Wildman–Crippen LogP) is 2.68. The Morgan fingerprint density at radius 1 is 1.32 bits per heavy atom. The third-order valence-electron chi connectivity index (χ3n) is 4.27. The summed E-state index contributed by atoms with van der Waals surface area (Å²) in [4.78, 5) is 11.9. The average molecular weight is 304 g/mol. The molecule has 1 aromatic heterocycles. The molecule has 0 radical (unpaired) electrons. The Hall–Kier alpha value is -1.69. The van der Waals surface area contributed by atoms with Crippen molar-refractivity contribution >= 4 is 11.8 Å². The zero-order valence-corrected chi connectivity index (χ0v) is 13.3. The third kappa shape index (κ3) is 4.16. The van der Waals surface area contributed by atoms with E-state index in [0.717, 1.165) is 25.1 Å². The van der Waals surface area contributed by atoms with Gasteiger partial charge in [0, 0.05) is 19.1 Å². The van der Waals surface area contributed by atoms with E-state index in [0.29, 0.717) is 24.2 Å². The zero-order valence-electron chi connectivity index (χ0n) is 13.3. The van der Waals surface area contributed by atoms with Crippen molar-refractivity contribution in [2.24, 2.45) is 5.92 Å². The summed E-state index contributed by atoms with van der Waals surface area (Å²) >= 11 is 0. The van der Waals surface area contributed by atoms with Gasteiger partial charge in [-0.1, -0.05) is 0 Å². The van der Waals surface area contributed by atoms with Gasteiger partial charge in [-0.3, -0.25) is 5.32 Å². The number of amides is 2. The summed E-state index contributed by atoms with van der Waals surface area (Å²) in [7, 11) is 0. The summed E-state index contributed by atoms with van der Waals surface area (Å²) < 4.78 is 5.69. The Morgan fingerprint density at radius 3 is 2.77 bits per heavy atom. The van der Waals surface area contributed by atoms with Crippen LogP contribution in [0.15, 0.2) is 12.1 Å². The number of ether oxygens (including phenoxy) is 1. The van der Waals surface area contributed by atoms with Gasteiger partial charge >= 0.3 is 6.03 Å². The van der Waals surface area contributed by atoms with Crippen LogP contribution in [0.4, 0.5) is 10.6 Å². The monoisotopic (exact) mass is 304 g/mol. The molecule has 1 unspecified atom stereocenters. The Balaban J connectivity index is 1.43. The maximum atomic E-state index is 11.9. The van der Waals surface area contributed by atoms with Gasteiger partial charge in [0.25, 0.3) is 0 Å². The molecule has 1 saturated carbocycles. The number of anilines is 1. The number of nitrogens with zero attached hydrogens (tertiary/aromatic N) is 2. The molecule has 2 fully saturated rings. The molecule has 1 saturated heterocycles. The molecule has 0 bridgehead atoms. The molecule has 1 aliphatic carbocycles. The van der Waals surface area contributed by atoms with Crippen molar-refractivity contribution in [2.75, 3.05) is 18.5 Å². The summed E-state index contributed by atoms with van der Waals surface area (Å²) in [6, 6.07) is 3.54. The van der Waals surface area contributed by atoms with Gasteiger partial charge in [-0.25, -0.2) is 4.79 Å². The lowest BCUT2D eigenvalue weighted by Crippen LogP contribution is -2.40. The lowest BCUT2D eigenvalue weighted by Gasteiger charge is -2.35. The van der Waals surface area contributed by atoms with E-state index >= 15 is 0 Å². The Kier molecular flexibility index (Phi) is 4.29. The SMILES string of the molecule is CC1(C)CC(CNC(=O)Nc2ccc(C3CC3)nn2)CCO1. The molecule has 2 aliphatic rings. The van der Waals surface area contributed by atoms with Gasteiger partial charge in [0.2, 0.25) is 0 Å². The topological polar surface area (TPSA) is 76.1 Å². The summed E-state index contributed by atoms with van der Waals surface area (Å²) in [6.07, 6.45) is 4.34. The van der Waals surface area contributed by atoms with Crippen molar-refractivity contribution in [3.63, 3.8) is 0 Å². The van der Waals surface area contributed by atoms with Crippen LogP contribution in [0.3, 0.4) is 0 Å². The van der Waals surface area contributed by atoms with Crippen LogP contribution in [0.25, 0.3) is 0 Å². The van der Waals surface area contributed by atoms with Gasteiger partial charge in [0.05, 0.1) is 11.3 Å². The fraction of sp³-hybridized carbons (Fsp3) is 0.688. The molecule has 2 heterocycles. The third-order valence-corrected chi connectivity index (χ3v) is 4.27. The fourth-order valence-corrected chi connectivity index (χ4v) is 2.94. The lowest BCUT2D eigenvalue weighted by atomic mass is 9.88. The zero-order chi connectivity index (χ0) is 15.6. The molecule has 1 atom stereocenters. The van der Waals surface area contributed by atoms with Crippen LogP contribution in [-0.2, 0) is 4.74 Å². The molecule has 2 amide bonds. The molecule has 0 aromatic carbocycles. The predicted molar refractivity (Wildman–Crippen MR) is 83.8 cm³/mol. The Labute approximate surface area is 131 Å². The van der Waals surface area contributed by atoms with Crippen molar-refractivity contribution in [2.45, 2.75) is 51.0 Å². The number of rotatable bonds is 4. The van der Waals surface area contributed by atoms with E-state index in [2.05, 4.69) is 34.7 Å². The van der Waals surface area contributed by atoms with Crippen LogP contribution in [0.1, 0.15) is 51.1 Å². The number of carbonyl (C=O) groups excluding carboxylic acids is 1. The summed E-state index contributed by atoms with van der Waals surface area (Å²) in [6.45, 7) is 5.60. The van der Waals surface area contributed by atoms with Crippen LogP contribution < -0.4 is 10.6 Å². The van der Waals surface area contributed by atoms with Gasteiger partial charge in [-0.15, -0.1) is 5.10 Å². The van der Waals surface area contributed by atoms with Crippen LogP contribution in [0, 0.1) is 5.92 Å². The van der Waals surface area contributed by atoms with Gasteiger partial charge < -0.3 is 10.1 Å². The number of carbonyl (C=O) groups is 1. The summed E-state index contributed by atoms with van der Waals surface area (Å²) in [5.41, 5.74) is 0.931.